The molecule has 1 aromatic carbocycles. The molecule has 1 aliphatic heterocycles. The molecule has 0 spiro atoms. The van der Waals surface area contributed by atoms with Gasteiger partial charge in [0.15, 0.2) is 0 Å². The first-order valence-corrected chi connectivity index (χ1v) is 7.41. The number of anilines is 1. The summed E-state index contributed by atoms with van der Waals surface area (Å²) in [5.74, 6) is -1.02. The third-order valence-electron chi connectivity index (χ3n) is 3.32. The highest BCUT2D eigenvalue weighted by atomic mass is 79.9. The molecule has 1 aliphatic rings. The first kappa shape index (κ1) is 14.2. The largest absolute Gasteiger partial charge is 0.299 e. The Morgan fingerprint density at radius 2 is 2.05 bits per heavy atom. The molecule has 0 aliphatic carbocycles. The number of pyridine rings is 1. The van der Waals surface area contributed by atoms with Gasteiger partial charge in [0.2, 0.25) is 0 Å². The summed E-state index contributed by atoms with van der Waals surface area (Å²) in [7, 11) is 0. The standard InChI is InChI=1S/C15H10BrClN2O2/c1-8-4-9(16)5-12-13(8)19(15(21)14(12)20)7-11-6-10(17)2-3-18-11/h2-6H,7H2,1H3. The summed E-state index contributed by atoms with van der Waals surface area (Å²) in [6.45, 7) is 2.09. The Morgan fingerprint density at radius 3 is 2.76 bits per heavy atom. The second-order valence-corrected chi connectivity index (χ2v) is 6.16. The maximum atomic E-state index is 12.2. The maximum absolute atomic E-state index is 12.2. The zero-order valence-electron chi connectivity index (χ0n) is 11.1. The number of nitrogens with zero attached hydrogens (tertiary/aromatic N) is 2. The molecule has 2 heterocycles. The van der Waals surface area contributed by atoms with Crippen molar-refractivity contribution in [2.75, 3.05) is 4.90 Å². The van der Waals surface area contributed by atoms with E-state index < -0.39 is 11.7 Å². The van der Waals surface area contributed by atoms with E-state index in [4.69, 9.17) is 11.6 Å². The molecule has 3 rings (SSSR count). The van der Waals surface area contributed by atoms with Crippen LogP contribution in [0.1, 0.15) is 21.6 Å². The van der Waals surface area contributed by atoms with Crippen LogP contribution in [0.5, 0.6) is 0 Å². The monoisotopic (exact) mass is 364 g/mol. The van der Waals surface area contributed by atoms with E-state index in [1.54, 1.807) is 24.4 Å². The van der Waals surface area contributed by atoms with Crippen molar-refractivity contribution in [3.63, 3.8) is 0 Å². The molecule has 0 N–H and O–H groups in total. The van der Waals surface area contributed by atoms with Crippen molar-refractivity contribution in [3.05, 3.63) is 56.8 Å². The molecule has 21 heavy (non-hydrogen) atoms. The van der Waals surface area contributed by atoms with Gasteiger partial charge in [-0.2, -0.15) is 0 Å². The number of carbonyl (C=O) groups is 2. The van der Waals surface area contributed by atoms with E-state index in [0.29, 0.717) is 22.0 Å². The maximum Gasteiger partial charge on any atom is 0.299 e. The summed E-state index contributed by atoms with van der Waals surface area (Å²) < 4.78 is 0.780. The fourth-order valence-electron chi connectivity index (χ4n) is 2.45. The molecule has 0 bridgehead atoms. The molecule has 0 saturated heterocycles. The lowest BCUT2D eigenvalue weighted by Gasteiger charge is -2.18. The number of amides is 1. The Morgan fingerprint density at radius 1 is 1.29 bits per heavy atom. The van der Waals surface area contributed by atoms with E-state index in [-0.39, 0.29) is 6.54 Å². The highest BCUT2D eigenvalue weighted by molar-refractivity contribution is 9.10. The van der Waals surface area contributed by atoms with Crippen LogP contribution in [-0.4, -0.2) is 16.7 Å². The third kappa shape index (κ3) is 2.47. The van der Waals surface area contributed by atoms with Gasteiger partial charge in [-0.3, -0.25) is 19.5 Å². The Kier molecular flexibility index (Phi) is 3.55. The molecular weight excluding hydrogens is 356 g/mol. The minimum Gasteiger partial charge on any atom is -0.298 e. The quantitative estimate of drug-likeness (QED) is 0.765. The van der Waals surface area contributed by atoms with Crippen LogP contribution in [0.25, 0.3) is 0 Å². The molecule has 106 valence electrons. The van der Waals surface area contributed by atoms with Crippen molar-refractivity contribution in [2.24, 2.45) is 0 Å². The summed E-state index contributed by atoms with van der Waals surface area (Å²) in [6.07, 6.45) is 1.58. The molecule has 0 atom stereocenters. The van der Waals surface area contributed by atoms with Crippen molar-refractivity contribution >= 4 is 44.9 Å². The number of benzene rings is 1. The molecule has 0 saturated carbocycles. The highest BCUT2D eigenvalue weighted by Crippen LogP contribution is 2.35. The second kappa shape index (κ2) is 5.24. The second-order valence-electron chi connectivity index (χ2n) is 4.80. The van der Waals surface area contributed by atoms with Crippen LogP contribution >= 0.6 is 27.5 Å². The summed E-state index contributed by atoms with van der Waals surface area (Å²) in [4.78, 5) is 30.0. The molecular formula is C15H10BrClN2O2. The smallest absolute Gasteiger partial charge is 0.298 e. The first-order chi connectivity index (χ1) is 9.97. The summed E-state index contributed by atoms with van der Waals surface area (Å²) in [6, 6.07) is 6.90. The fourth-order valence-corrected chi connectivity index (χ4v) is 3.21. The number of aromatic nitrogens is 1. The Balaban J connectivity index is 2.05. The molecule has 0 fully saturated rings. The van der Waals surface area contributed by atoms with E-state index in [1.165, 1.54) is 4.90 Å². The number of aryl methyl sites for hydroxylation is 1. The molecule has 1 aromatic heterocycles. The summed E-state index contributed by atoms with van der Waals surface area (Å²) in [5.41, 5.74) is 2.57. The van der Waals surface area contributed by atoms with Gasteiger partial charge in [-0.1, -0.05) is 27.5 Å². The van der Waals surface area contributed by atoms with Gasteiger partial charge in [-0.25, -0.2) is 0 Å². The normalized spacial score (nSPS) is 13.8. The zero-order valence-corrected chi connectivity index (χ0v) is 13.4. The number of Topliss-reactive ketones (excluding diaryl/α,β-unsaturated/α-hetero) is 1. The van der Waals surface area contributed by atoms with Gasteiger partial charge in [0.25, 0.3) is 11.7 Å². The van der Waals surface area contributed by atoms with Crippen LogP contribution in [0.4, 0.5) is 5.69 Å². The lowest BCUT2D eigenvalue weighted by molar-refractivity contribution is -0.114. The summed E-state index contributed by atoms with van der Waals surface area (Å²) in [5, 5.41) is 0.547. The van der Waals surface area contributed by atoms with Crippen LogP contribution < -0.4 is 4.90 Å². The Bertz CT molecular complexity index is 776. The Labute approximate surface area is 134 Å². The molecule has 2 aromatic rings. The third-order valence-corrected chi connectivity index (χ3v) is 4.01. The average molecular weight is 366 g/mol. The average Bonchev–Trinajstić information content (AvgIpc) is 2.64. The number of hydrogen-bond acceptors (Lipinski definition) is 3. The number of hydrogen-bond donors (Lipinski definition) is 0. The Hall–Kier alpha value is -1.72. The molecule has 6 heteroatoms. The van der Waals surface area contributed by atoms with E-state index in [0.717, 1.165) is 10.0 Å². The molecule has 0 unspecified atom stereocenters. The van der Waals surface area contributed by atoms with Crippen LogP contribution in [0.2, 0.25) is 5.02 Å². The van der Waals surface area contributed by atoms with Crippen molar-refractivity contribution in [1.82, 2.24) is 4.98 Å². The topological polar surface area (TPSA) is 50.3 Å². The lowest BCUT2D eigenvalue weighted by Crippen LogP contribution is -2.29. The SMILES string of the molecule is Cc1cc(Br)cc2c1N(Cc1cc(Cl)ccn1)C(=O)C2=O. The fraction of sp³-hybridized carbons (Fsp3) is 0.133. The van der Waals surface area contributed by atoms with E-state index in [9.17, 15) is 9.59 Å². The van der Waals surface area contributed by atoms with E-state index in [1.807, 2.05) is 13.0 Å². The van der Waals surface area contributed by atoms with Gasteiger partial charge in [-0.15, -0.1) is 0 Å². The van der Waals surface area contributed by atoms with Gasteiger partial charge in [0, 0.05) is 15.7 Å². The van der Waals surface area contributed by atoms with Gasteiger partial charge in [0.05, 0.1) is 23.5 Å². The first-order valence-electron chi connectivity index (χ1n) is 6.24. The predicted octanol–water partition coefficient (Wildman–Crippen LogP) is 3.54. The molecule has 4 nitrogen and oxygen atoms in total. The van der Waals surface area contributed by atoms with Gasteiger partial charge in [0.1, 0.15) is 0 Å². The van der Waals surface area contributed by atoms with Crippen LogP contribution in [0, 0.1) is 6.92 Å². The number of fused-ring (bicyclic) bond motifs is 1. The van der Waals surface area contributed by atoms with Crippen molar-refractivity contribution < 1.29 is 9.59 Å². The van der Waals surface area contributed by atoms with Crippen molar-refractivity contribution in [1.29, 1.82) is 0 Å². The van der Waals surface area contributed by atoms with Crippen LogP contribution in [-0.2, 0) is 11.3 Å². The molecule has 1 amide bonds. The predicted molar refractivity (Wildman–Crippen MR) is 83.6 cm³/mol. The van der Waals surface area contributed by atoms with Crippen molar-refractivity contribution in [2.45, 2.75) is 13.5 Å². The number of halogens is 2. The lowest BCUT2D eigenvalue weighted by atomic mass is 10.1. The number of ketones is 1. The minimum absolute atomic E-state index is 0.223. The zero-order chi connectivity index (χ0) is 15.1. The van der Waals surface area contributed by atoms with Crippen molar-refractivity contribution in [3.8, 4) is 0 Å². The minimum atomic E-state index is -0.534. The van der Waals surface area contributed by atoms with Gasteiger partial charge < -0.3 is 0 Å². The van der Waals surface area contributed by atoms with Crippen LogP contribution in [0.3, 0.4) is 0 Å². The summed E-state index contributed by atoms with van der Waals surface area (Å²) >= 11 is 9.28. The van der Waals surface area contributed by atoms with Crippen LogP contribution in [0.15, 0.2) is 34.9 Å². The van der Waals surface area contributed by atoms with Gasteiger partial charge in [-0.05, 0) is 36.8 Å². The number of rotatable bonds is 2. The highest BCUT2D eigenvalue weighted by Gasteiger charge is 2.37. The van der Waals surface area contributed by atoms with E-state index >= 15 is 0 Å². The van der Waals surface area contributed by atoms with E-state index in [2.05, 4.69) is 20.9 Å². The van der Waals surface area contributed by atoms with Gasteiger partial charge >= 0.3 is 0 Å². The number of carbonyl (C=O) groups excluding carboxylic acids is 2. The molecule has 0 radical (unpaired) electrons.